The van der Waals surface area contributed by atoms with E-state index in [1.165, 1.54) is 0 Å². The third-order valence-electron chi connectivity index (χ3n) is 4.70. The molecular weight excluding hydrogens is 405 g/mol. The van der Waals surface area contributed by atoms with E-state index in [2.05, 4.69) is 9.88 Å². The first-order valence-electron chi connectivity index (χ1n) is 8.95. The van der Waals surface area contributed by atoms with Gasteiger partial charge in [0, 0.05) is 32.8 Å². The minimum atomic E-state index is -0.487. The first-order chi connectivity index (χ1) is 13.8. The minimum absolute atomic E-state index is 0.00745. The van der Waals surface area contributed by atoms with E-state index in [4.69, 9.17) is 23.2 Å². The number of carbonyl (C=O) groups is 1. The Balaban J connectivity index is 1.98. The van der Waals surface area contributed by atoms with Crippen LogP contribution in [0.5, 0.6) is 0 Å². The van der Waals surface area contributed by atoms with Crippen LogP contribution < -0.4 is 5.32 Å². The highest BCUT2D eigenvalue weighted by atomic mass is 35.5. The maximum atomic E-state index is 12.6. The van der Waals surface area contributed by atoms with E-state index in [9.17, 15) is 10.1 Å². The molecule has 0 aliphatic carbocycles. The van der Waals surface area contributed by atoms with Gasteiger partial charge in [0.25, 0.3) is 5.91 Å². The van der Waals surface area contributed by atoms with Crippen LogP contribution in [0.2, 0.25) is 10.0 Å². The van der Waals surface area contributed by atoms with Crippen LogP contribution in [0.4, 0.5) is 5.69 Å². The van der Waals surface area contributed by atoms with Crippen LogP contribution in [-0.2, 0) is 4.79 Å². The molecule has 146 valence electrons. The molecule has 0 fully saturated rings. The molecule has 0 saturated heterocycles. The number of nitriles is 1. The fourth-order valence-electron chi connectivity index (χ4n) is 3.21. The molecule has 2 aromatic carbocycles. The maximum Gasteiger partial charge on any atom is 0.266 e. The van der Waals surface area contributed by atoms with E-state index >= 15 is 0 Å². The molecule has 0 radical (unpaired) electrons. The van der Waals surface area contributed by atoms with Gasteiger partial charge in [-0.25, -0.2) is 0 Å². The summed E-state index contributed by atoms with van der Waals surface area (Å²) in [5.74, 6) is -0.487. The molecule has 1 amide bonds. The fourth-order valence-corrected chi connectivity index (χ4v) is 3.57. The van der Waals surface area contributed by atoms with Crippen molar-refractivity contribution in [3.63, 3.8) is 0 Å². The van der Waals surface area contributed by atoms with Crippen LogP contribution in [0.25, 0.3) is 11.8 Å². The summed E-state index contributed by atoms with van der Waals surface area (Å²) < 4.78 is 2.07. The summed E-state index contributed by atoms with van der Waals surface area (Å²) in [7, 11) is 0. The van der Waals surface area contributed by atoms with Gasteiger partial charge in [0.2, 0.25) is 0 Å². The van der Waals surface area contributed by atoms with Crippen LogP contribution in [0.1, 0.15) is 22.5 Å². The predicted octanol–water partition coefficient (Wildman–Crippen LogP) is 6.26. The van der Waals surface area contributed by atoms with E-state index in [0.717, 1.165) is 28.2 Å². The zero-order valence-electron chi connectivity index (χ0n) is 16.3. The molecule has 0 unspecified atom stereocenters. The SMILES string of the molecule is Cc1c(Cl)cccc1-n1c(C)cc(/C=C(\C#N)C(=O)Nc2cccc(Cl)c2)c1C. The lowest BCUT2D eigenvalue weighted by Gasteiger charge is -2.13. The minimum Gasteiger partial charge on any atom is -0.321 e. The van der Waals surface area contributed by atoms with Gasteiger partial charge >= 0.3 is 0 Å². The zero-order chi connectivity index (χ0) is 21.1. The van der Waals surface area contributed by atoms with Crippen LogP contribution in [0.15, 0.2) is 54.1 Å². The molecular formula is C23H19Cl2N3O. The zero-order valence-corrected chi connectivity index (χ0v) is 17.8. The van der Waals surface area contributed by atoms with Crippen molar-refractivity contribution in [2.75, 3.05) is 5.32 Å². The standard InChI is InChI=1S/C23H19Cl2N3O/c1-14-10-17(16(3)28(14)22-9-5-8-21(25)15(22)2)11-18(13-26)23(29)27-20-7-4-6-19(24)12-20/h4-12H,1-3H3,(H,27,29)/b18-11+. The number of benzene rings is 2. The fraction of sp³-hybridized carbons (Fsp3) is 0.130. The molecule has 0 saturated carbocycles. The number of halogens is 2. The summed E-state index contributed by atoms with van der Waals surface area (Å²) in [4.78, 5) is 12.6. The number of nitrogens with one attached hydrogen (secondary N) is 1. The van der Waals surface area contributed by atoms with Gasteiger partial charge in [0.05, 0.1) is 0 Å². The summed E-state index contributed by atoms with van der Waals surface area (Å²) in [6.07, 6.45) is 1.60. The van der Waals surface area contributed by atoms with Crippen molar-refractivity contribution in [3.05, 3.63) is 86.7 Å². The first kappa shape index (κ1) is 20.7. The second-order valence-electron chi connectivity index (χ2n) is 6.68. The Morgan fingerprint density at radius 1 is 1.10 bits per heavy atom. The van der Waals surface area contributed by atoms with Gasteiger partial charge in [0.15, 0.2) is 0 Å². The largest absolute Gasteiger partial charge is 0.321 e. The molecule has 29 heavy (non-hydrogen) atoms. The summed E-state index contributed by atoms with van der Waals surface area (Å²) in [6, 6.07) is 16.5. The van der Waals surface area contributed by atoms with E-state index in [1.807, 2.05) is 51.1 Å². The quantitative estimate of drug-likeness (QED) is 0.397. The lowest BCUT2D eigenvalue weighted by molar-refractivity contribution is -0.112. The number of aryl methyl sites for hydroxylation is 1. The molecule has 1 N–H and O–H groups in total. The molecule has 0 aliphatic heterocycles. The number of rotatable bonds is 4. The molecule has 0 aliphatic rings. The van der Waals surface area contributed by atoms with Crippen LogP contribution in [-0.4, -0.2) is 10.5 Å². The number of nitrogens with zero attached hydrogens (tertiary/aromatic N) is 2. The number of aromatic nitrogens is 1. The van der Waals surface area contributed by atoms with E-state index in [0.29, 0.717) is 15.7 Å². The number of hydrogen-bond donors (Lipinski definition) is 1. The molecule has 1 heterocycles. The highest BCUT2D eigenvalue weighted by Gasteiger charge is 2.15. The van der Waals surface area contributed by atoms with Crippen molar-refractivity contribution >= 4 is 40.9 Å². The van der Waals surface area contributed by atoms with Crippen molar-refractivity contribution in [2.24, 2.45) is 0 Å². The van der Waals surface area contributed by atoms with E-state index < -0.39 is 5.91 Å². The average molecular weight is 424 g/mol. The Morgan fingerprint density at radius 3 is 2.52 bits per heavy atom. The highest BCUT2D eigenvalue weighted by molar-refractivity contribution is 6.31. The van der Waals surface area contributed by atoms with Crippen LogP contribution in [0, 0.1) is 32.1 Å². The Hall–Kier alpha value is -3.00. The Bertz CT molecular complexity index is 1170. The predicted molar refractivity (Wildman–Crippen MR) is 119 cm³/mol. The summed E-state index contributed by atoms with van der Waals surface area (Å²) >= 11 is 12.2. The Morgan fingerprint density at radius 2 is 1.83 bits per heavy atom. The topological polar surface area (TPSA) is 57.8 Å². The number of amides is 1. The van der Waals surface area contributed by atoms with Crippen molar-refractivity contribution in [2.45, 2.75) is 20.8 Å². The summed E-state index contributed by atoms with van der Waals surface area (Å²) in [5, 5.41) is 13.4. The molecule has 1 aromatic heterocycles. The monoisotopic (exact) mass is 423 g/mol. The van der Waals surface area contributed by atoms with Gasteiger partial charge < -0.3 is 9.88 Å². The van der Waals surface area contributed by atoms with Crippen molar-refractivity contribution in [1.29, 1.82) is 5.26 Å². The van der Waals surface area contributed by atoms with Crippen molar-refractivity contribution < 1.29 is 4.79 Å². The lowest BCUT2D eigenvalue weighted by Crippen LogP contribution is -2.13. The maximum absolute atomic E-state index is 12.6. The number of carbonyl (C=O) groups excluding carboxylic acids is 1. The van der Waals surface area contributed by atoms with Crippen molar-refractivity contribution in [1.82, 2.24) is 4.57 Å². The second kappa shape index (κ2) is 8.57. The second-order valence-corrected chi connectivity index (χ2v) is 7.52. The van der Waals surface area contributed by atoms with E-state index in [1.54, 1.807) is 30.3 Å². The summed E-state index contributed by atoms with van der Waals surface area (Å²) in [5.41, 5.74) is 5.15. The van der Waals surface area contributed by atoms with Gasteiger partial charge in [-0.15, -0.1) is 0 Å². The normalized spacial score (nSPS) is 11.2. The van der Waals surface area contributed by atoms with Gasteiger partial charge in [-0.05, 0) is 74.4 Å². The highest BCUT2D eigenvalue weighted by Crippen LogP contribution is 2.28. The molecule has 4 nitrogen and oxygen atoms in total. The molecule has 0 atom stereocenters. The molecule has 3 aromatic rings. The Labute approximate surface area is 180 Å². The van der Waals surface area contributed by atoms with Gasteiger partial charge in [-0.1, -0.05) is 35.3 Å². The Kier molecular flexibility index (Phi) is 6.12. The van der Waals surface area contributed by atoms with Crippen molar-refractivity contribution in [3.8, 4) is 11.8 Å². The third-order valence-corrected chi connectivity index (χ3v) is 5.34. The molecule has 3 rings (SSSR count). The van der Waals surface area contributed by atoms with Crippen LogP contribution >= 0.6 is 23.2 Å². The summed E-state index contributed by atoms with van der Waals surface area (Å²) in [6.45, 7) is 5.89. The smallest absolute Gasteiger partial charge is 0.266 e. The average Bonchev–Trinajstić information content (AvgIpc) is 2.95. The van der Waals surface area contributed by atoms with Gasteiger partial charge in [-0.3, -0.25) is 4.79 Å². The van der Waals surface area contributed by atoms with Crippen LogP contribution in [0.3, 0.4) is 0 Å². The third kappa shape index (κ3) is 4.37. The molecule has 0 spiro atoms. The van der Waals surface area contributed by atoms with E-state index in [-0.39, 0.29) is 5.57 Å². The van der Waals surface area contributed by atoms with Gasteiger partial charge in [0.1, 0.15) is 11.6 Å². The molecule has 0 bridgehead atoms. The lowest BCUT2D eigenvalue weighted by atomic mass is 10.1. The number of anilines is 1. The number of hydrogen-bond acceptors (Lipinski definition) is 2. The molecule has 6 heteroatoms. The van der Waals surface area contributed by atoms with Gasteiger partial charge in [-0.2, -0.15) is 5.26 Å². The first-order valence-corrected chi connectivity index (χ1v) is 9.70.